The maximum atomic E-state index is 11.5. The van der Waals surface area contributed by atoms with Gasteiger partial charge in [-0.1, -0.05) is 6.07 Å². The number of furan rings is 1. The number of benzene rings is 1. The lowest BCUT2D eigenvalue weighted by Gasteiger charge is -2.14. The molecular formula is C12H13N3O5S. The molecule has 0 unspecified atom stereocenters. The largest absolute Gasteiger partial charge is 0.467 e. The van der Waals surface area contributed by atoms with Gasteiger partial charge in [0.25, 0.3) is 0 Å². The van der Waals surface area contributed by atoms with Crippen LogP contribution in [0.4, 0.5) is 11.4 Å². The van der Waals surface area contributed by atoms with Gasteiger partial charge in [0.2, 0.25) is 10.0 Å². The lowest BCUT2D eigenvalue weighted by Crippen LogP contribution is -2.16. The van der Waals surface area contributed by atoms with Crippen molar-refractivity contribution in [2.75, 3.05) is 5.32 Å². The van der Waals surface area contributed by atoms with Crippen LogP contribution in [-0.2, 0) is 10.0 Å². The standard InChI is InChI=1S/C12H13N3O5S/c1-8(10-5-3-7-20-10)14-9-4-2-6-11(21(13,18)19)12(9)15(16)17/h2-8,14H,1H3,(H2,13,18,19)/t8-/m1/s1. The first-order valence-corrected chi connectivity index (χ1v) is 7.45. The molecule has 1 aromatic heterocycles. The quantitative estimate of drug-likeness (QED) is 0.642. The van der Waals surface area contributed by atoms with Crippen LogP contribution in [0.5, 0.6) is 0 Å². The van der Waals surface area contributed by atoms with E-state index in [9.17, 15) is 18.5 Å². The zero-order chi connectivity index (χ0) is 15.6. The third-order valence-electron chi connectivity index (χ3n) is 2.83. The Bertz CT molecular complexity index is 755. The highest BCUT2D eigenvalue weighted by Gasteiger charge is 2.27. The molecule has 0 fully saturated rings. The number of nitrogens with one attached hydrogen (secondary N) is 1. The van der Waals surface area contributed by atoms with Crippen LogP contribution < -0.4 is 10.5 Å². The molecule has 2 aromatic rings. The van der Waals surface area contributed by atoms with Gasteiger partial charge in [-0.2, -0.15) is 0 Å². The predicted octanol–water partition coefficient (Wildman–Crippen LogP) is 2.01. The number of nitrogens with zero attached hydrogens (tertiary/aromatic N) is 1. The summed E-state index contributed by atoms with van der Waals surface area (Å²) in [6, 6.07) is 6.89. The zero-order valence-electron chi connectivity index (χ0n) is 11.0. The zero-order valence-corrected chi connectivity index (χ0v) is 11.8. The lowest BCUT2D eigenvalue weighted by molar-refractivity contribution is -0.386. The fraction of sp³-hybridized carbons (Fsp3) is 0.167. The summed E-state index contributed by atoms with van der Waals surface area (Å²) < 4.78 is 28.1. The molecule has 0 bridgehead atoms. The highest BCUT2D eigenvalue weighted by Crippen LogP contribution is 2.33. The fourth-order valence-electron chi connectivity index (χ4n) is 1.90. The van der Waals surface area contributed by atoms with E-state index in [1.54, 1.807) is 19.1 Å². The minimum atomic E-state index is -4.20. The van der Waals surface area contributed by atoms with Crippen LogP contribution in [0.1, 0.15) is 18.7 Å². The van der Waals surface area contributed by atoms with Crippen LogP contribution in [0.15, 0.2) is 45.9 Å². The van der Waals surface area contributed by atoms with Crippen molar-refractivity contribution < 1.29 is 17.8 Å². The van der Waals surface area contributed by atoms with Crippen LogP contribution >= 0.6 is 0 Å². The molecular weight excluding hydrogens is 298 g/mol. The van der Waals surface area contributed by atoms with E-state index in [0.717, 1.165) is 6.07 Å². The van der Waals surface area contributed by atoms with Gasteiger partial charge in [-0.3, -0.25) is 10.1 Å². The van der Waals surface area contributed by atoms with Crippen molar-refractivity contribution in [3.63, 3.8) is 0 Å². The first-order valence-electron chi connectivity index (χ1n) is 5.91. The van der Waals surface area contributed by atoms with Gasteiger partial charge in [0, 0.05) is 0 Å². The summed E-state index contributed by atoms with van der Waals surface area (Å²) in [6.07, 6.45) is 1.47. The molecule has 0 spiro atoms. The normalized spacial score (nSPS) is 12.9. The molecule has 0 aliphatic rings. The van der Waals surface area contributed by atoms with E-state index in [4.69, 9.17) is 9.56 Å². The van der Waals surface area contributed by atoms with E-state index in [2.05, 4.69) is 5.32 Å². The van der Waals surface area contributed by atoms with Gasteiger partial charge in [0.05, 0.1) is 17.2 Å². The first kappa shape index (κ1) is 15.0. The molecule has 8 nitrogen and oxygen atoms in total. The monoisotopic (exact) mass is 311 g/mol. The topological polar surface area (TPSA) is 128 Å². The van der Waals surface area contributed by atoms with E-state index >= 15 is 0 Å². The summed E-state index contributed by atoms with van der Waals surface area (Å²) in [5.41, 5.74) is -0.533. The second-order valence-electron chi connectivity index (χ2n) is 4.34. The van der Waals surface area contributed by atoms with E-state index < -0.39 is 25.5 Å². The van der Waals surface area contributed by atoms with E-state index in [0.29, 0.717) is 5.76 Å². The Labute approximate surface area is 120 Å². The average Bonchev–Trinajstić information content (AvgIpc) is 2.91. The summed E-state index contributed by atoms with van der Waals surface area (Å²) in [4.78, 5) is 9.86. The third-order valence-corrected chi connectivity index (χ3v) is 3.77. The number of hydrogen-bond acceptors (Lipinski definition) is 6. The van der Waals surface area contributed by atoms with Gasteiger partial charge < -0.3 is 9.73 Å². The second kappa shape index (κ2) is 5.54. The smallest absolute Gasteiger partial charge is 0.312 e. The Morgan fingerprint density at radius 2 is 2.05 bits per heavy atom. The summed E-state index contributed by atoms with van der Waals surface area (Å²) in [5, 5.41) is 19.0. The molecule has 0 saturated heterocycles. The molecule has 3 N–H and O–H groups in total. The van der Waals surface area contributed by atoms with Crippen molar-refractivity contribution in [3.05, 3.63) is 52.5 Å². The van der Waals surface area contributed by atoms with Crippen molar-refractivity contribution >= 4 is 21.4 Å². The molecule has 112 valence electrons. The number of nitro groups is 1. The second-order valence-corrected chi connectivity index (χ2v) is 5.87. The number of nitrogens with two attached hydrogens (primary N) is 1. The highest BCUT2D eigenvalue weighted by molar-refractivity contribution is 7.89. The van der Waals surface area contributed by atoms with Gasteiger partial charge in [0.15, 0.2) is 4.90 Å². The van der Waals surface area contributed by atoms with Crippen molar-refractivity contribution in [3.8, 4) is 0 Å². The van der Waals surface area contributed by atoms with Crippen molar-refractivity contribution in [2.45, 2.75) is 17.9 Å². The predicted molar refractivity (Wildman–Crippen MR) is 75.2 cm³/mol. The molecule has 9 heteroatoms. The molecule has 0 amide bonds. The molecule has 2 rings (SSSR count). The van der Waals surface area contributed by atoms with Crippen molar-refractivity contribution in [2.24, 2.45) is 5.14 Å². The van der Waals surface area contributed by atoms with Gasteiger partial charge in [-0.15, -0.1) is 0 Å². The molecule has 0 saturated carbocycles. The summed E-state index contributed by atoms with van der Waals surface area (Å²) in [5.74, 6) is 0.560. The molecule has 21 heavy (non-hydrogen) atoms. The van der Waals surface area contributed by atoms with Crippen LogP contribution in [0.2, 0.25) is 0 Å². The minimum absolute atomic E-state index is 0.0513. The molecule has 0 aliphatic heterocycles. The maximum Gasteiger partial charge on any atom is 0.312 e. The van der Waals surface area contributed by atoms with Gasteiger partial charge in [-0.25, -0.2) is 13.6 Å². The van der Waals surface area contributed by atoms with Gasteiger partial charge >= 0.3 is 5.69 Å². The number of anilines is 1. The van der Waals surface area contributed by atoms with Gasteiger partial charge in [0.1, 0.15) is 11.4 Å². The van der Waals surface area contributed by atoms with E-state index in [1.165, 1.54) is 18.4 Å². The van der Waals surface area contributed by atoms with Gasteiger partial charge in [-0.05, 0) is 31.2 Å². The maximum absolute atomic E-state index is 11.5. The first-order chi connectivity index (χ1) is 9.80. The Kier molecular flexibility index (Phi) is 3.96. The molecule has 0 radical (unpaired) electrons. The molecule has 1 atom stereocenters. The summed E-state index contributed by atoms with van der Waals surface area (Å²) in [7, 11) is -4.20. The average molecular weight is 311 g/mol. The lowest BCUT2D eigenvalue weighted by atomic mass is 10.2. The number of rotatable bonds is 5. The van der Waals surface area contributed by atoms with Crippen LogP contribution in [0.25, 0.3) is 0 Å². The van der Waals surface area contributed by atoms with Crippen molar-refractivity contribution in [1.29, 1.82) is 0 Å². The number of sulfonamides is 1. The highest BCUT2D eigenvalue weighted by atomic mass is 32.2. The number of para-hydroxylation sites is 1. The fourth-order valence-corrected chi connectivity index (χ4v) is 2.62. The number of primary sulfonamides is 1. The third kappa shape index (κ3) is 3.20. The molecule has 0 aliphatic carbocycles. The number of hydrogen-bond donors (Lipinski definition) is 2. The SMILES string of the molecule is C[C@@H](Nc1cccc(S(N)(=O)=O)c1[N+](=O)[O-])c1ccco1. The Morgan fingerprint density at radius 3 is 2.57 bits per heavy atom. The number of nitro benzene ring substituents is 1. The molecule has 1 aromatic carbocycles. The van der Waals surface area contributed by atoms with Crippen LogP contribution in [-0.4, -0.2) is 13.3 Å². The van der Waals surface area contributed by atoms with Crippen molar-refractivity contribution in [1.82, 2.24) is 0 Å². The Balaban J connectivity index is 2.47. The summed E-state index contributed by atoms with van der Waals surface area (Å²) >= 11 is 0. The van der Waals surface area contributed by atoms with E-state index in [1.807, 2.05) is 0 Å². The van der Waals surface area contributed by atoms with E-state index in [-0.39, 0.29) is 11.7 Å². The van der Waals surface area contributed by atoms with Crippen LogP contribution in [0.3, 0.4) is 0 Å². The summed E-state index contributed by atoms with van der Waals surface area (Å²) in [6.45, 7) is 1.73. The minimum Gasteiger partial charge on any atom is -0.467 e. The van der Waals surface area contributed by atoms with Crippen LogP contribution in [0, 0.1) is 10.1 Å². The Hall–Kier alpha value is -2.39. The molecule has 1 heterocycles. The Morgan fingerprint density at radius 1 is 1.33 bits per heavy atom.